The van der Waals surface area contributed by atoms with Crippen molar-refractivity contribution in [2.75, 3.05) is 78.7 Å². The standard InChI is InChI=1S/C15H30N4O3/c20-13-1-3-16-5-9-18(10-6-16)15(22)19-11-7-17(8-12-19)4-2-14-21/h20-21H,1-14H2. The highest BCUT2D eigenvalue weighted by atomic mass is 16.3. The van der Waals surface area contributed by atoms with E-state index in [0.717, 1.165) is 78.3 Å². The topological polar surface area (TPSA) is 70.5 Å². The minimum atomic E-state index is 0.170. The van der Waals surface area contributed by atoms with Crippen molar-refractivity contribution in [1.29, 1.82) is 0 Å². The number of nitrogens with zero attached hydrogens (tertiary/aromatic N) is 4. The highest BCUT2D eigenvalue weighted by Gasteiger charge is 2.27. The van der Waals surface area contributed by atoms with E-state index in [1.54, 1.807) is 0 Å². The van der Waals surface area contributed by atoms with Crippen LogP contribution in [0.25, 0.3) is 0 Å². The summed E-state index contributed by atoms with van der Waals surface area (Å²) in [5, 5.41) is 17.7. The van der Waals surface area contributed by atoms with Crippen LogP contribution in [-0.2, 0) is 0 Å². The molecule has 7 nitrogen and oxygen atoms in total. The van der Waals surface area contributed by atoms with Crippen molar-refractivity contribution >= 4 is 6.03 Å². The molecule has 0 atom stereocenters. The van der Waals surface area contributed by atoms with Crippen molar-refractivity contribution in [1.82, 2.24) is 19.6 Å². The average Bonchev–Trinajstić information content (AvgIpc) is 2.58. The third kappa shape index (κ3) is 5.08. The van der Waals surface area contributed by atoms with Crippen LogP contribution in [0.5, 0.6) is 0 Å². The molecule has 2 aliphatic heterocycles. The molecular weight excluding hydrogens is 284 g/mol. The number of hydrogen-bond donors (Lipinski definition) is 2. The summed E-state index contributed by atoms with van der Waals surface area (Å²) in [5.41, 5.74) is 0. The van der Waals surface area contributed by atoms with Crippen LogP contribution in [-0.4, -0.2) is 115 Å². The van der Waals surface area contributed by atoms with E-state index in [1.165, 1.54) is 0 Å². The zero-order chi connectivity index (χ0) is 15.8. The average molecular weight is 314 g/mol. The molecule has 0 bridgehead atoms. The Kier molecular flexibility index (Phi) is 7.38. The second-order valence-corrected chi connectivity index (χ2v) is 6.09. The predicted molar refractivity (Wildman–Crippen MR) is 84.8 cm³/mol. The third-order valence-corrected chi connectivity index (χ3v) is 4.55. The van der Waals surface area contributed by atoms with Crippen LogP contribution in [0, 0.1) is 0 Å². The first-order valence-electron chi connectivity index (χ1n) is 8.45. The van der Waals surface area contributed by atoms with Crippen LogP contribution in [0.1, 0.15) is 12.8 Å². The molecular formula is C15H30N4O3. The van der Waals surface area contributed by atoms with E-state index < -0.39 is 0 Å². The fraction of sp³-hybridized carbons (Fsp3) is 0.933. The van der Waals surface area contributed by atoms with Crippen molar-refractivity contribution < 1.29 is 15.0 Å². The highest BCUT2D eigenvalue weighted by Crippen LogP contribution is 2.09. The molecule has 2 rings (SSSR count). The first-order chi connectivity index (χ1) is 10.7. The van der Waals surface area contributed by atoms with Gasteiger partial charge in [-0.3, -0.25) is 9.80 Å². The number of carbonyl (C=O) groups excluding carboxylic acids is 1. The van der Waals surface area contributed by atoms with Gasteiger partial charge in [-0.2, -0.15) is 0 Å². The minimum absolute atomic E-state index is 0.170. The number of urea groups is 1. The Hall–Kier alpha value is -0.890. The molecule has 7 heteroatoms. The first-order valence-corrected chi connectivity index (χ1v) is 8.45. The Morgan fingerprint density at radius 3 is 1.36 bits per heavy atom. The van der Waals surface area contributed by atoms with Gasteiger partial charge in [0.25, 0.3) is 0 Å². The summed E-state index contributed by atoms with van der Waals surface area (Å²) in [4.78, 5) is 21.1. The normalized spacial score (nSPS) is 21.4. The highest BCUT2D eigenvalue weighted by molar-refractivity contribution is 5.74. The van der Waals surface area contributed by atoms with Crippen LogP contribution in [0.2, 0.25) is 0 Å². The molecule has 2 heterocycles. The van der Waals surface area contributed by atoms with Crippen molar-refractivity contribution in [3.05, 3.63) is 0 Å². The van der Waals surface area contributed by atoms with Gasteiger partial charge in [0.05, 0.1) is 0 Å². The lowest BCUT2D eigenvalue weighted by Crippen LogP contribution is -2.57. The van der Waals surface area contributed by atoms with E-state index >= 15 is 0 Å². The van der Waals surface area contributed by atoms with Gasteiger partial charge in [-0.15, -0.1) is 0 Å². The van der Waals surface area contributed by atoms with Crippen LogP contribution in [0.15, 0.2) is 0 Å². The van der Waals surface area contributed by atoms with Crippen molar-refractivity contribution in [3.8, 4) is 0 Å². The van der Waals surface area contributed by atoms with E-state index in [0.29, 0.717) is 0 Å². The molecule has 0 radical (unpaired) electrons. The van der Waals surface area contributed by atoms with Gasteiger partial charge in [-0.05, 0) is 12.8 Å². The third-order valence-electron chi connectivity index (χ3n) is 4.55. The SMILES string of the molecule is O=C(N1CCN(CCCO)CC1)N1CCN(CCCO)CC1. The van der Waals surface area contributed by atoms with E-state index in [2.05, 4.69) is 9.80 Å². The summed E-state index contributed by atoms with van der Waals surface area (Å²) in [5.74, 6) is 0. The van der Waals surface area contributed by atoms with E-state index in [4.69, 9.17) is 10.2 Å². The van der Waals surface area contributed by atoms with Gasteiger partial charge in [-0.25, -0.2) is 4.79 Å². The van der Waals surface area contributed by atoms with Gasteiger partial charge in [0.15, 0.2) is 0 Å². The minimum Gasteiger partial charge on any atom is -0.396 e. The zero-order valence-corrected chi connectivity index (χ0v) is 13.5. The van der Waals surface area contributed by atoms with Crippen LogP contribution in [0.3, 0.4) is 0 Å². The van der Waals surface area contributed by atoms with Crippen LogP contribution in [0.4, 0.5) is 4.79 Å². The van der Waals surface area contributed by atoms with Crippen LogP contribution < -0.4 is 0 Å². The molecule has 128 valence electrons. The van der Waals surface area contributed by atoms with E-state index in [9.17, 15) is 4.79 Å². The molecule has 0 aromatic rings. The number of rotatable bonds is 6. The quantitative estimate of drug-likeness (QED) is 0.665. The Labute approximate surface area is 133 Å². The predicted octanol–water partition coefficient (Wildman–Crippen LogP) is -0.894. The molecule has 2 N–H and O–H groups in total. The summed E-state index contributed by atoms with van der Waals surface area (Å²) in [6, 6.07) is 0.170. The number of amides is 2. The molecule has 22 heavy (non-hydrogen) atoms. The summed E-state index contributed by atoms with van der Waals surface area (Å²) in [6.07, 6.45) is 1.62. The Balaban J connectivity index is 1.68. The molecule has 0 unspecified atom stereocenters. The van der Waals surface area contributed by atoms with Crippen molar-refractivity contribution in [3.63, 3.8) is 0 Å². The number of hydrogen-bond acceptors (Lipinski definition) is 5. The maximum atomic E-state index is 12.5. The van der Waals surface area contributed by atoms with Gasteiger partial charge in [0.2, 0.25) is 0 Å². The lowest BCUT2D eigenvalue weighted by molar-refractivity contribution is 0.0867. The molecule has 0 spiro atoms. The van der Waals surface area contributed by atoms with E-state index in [1.807, 2.05) is 9.80 Å². The van der Waals surface area contributed by atoms with Gasteiger partial charge in [-0.1, -0.05) is 0 Å². The van der Waals surface area contributed by atoms with Gasteiger partial charge >= 0.3 is 6.03 Å². The molecule has 2 aliphatic rings. The summed E-state index contributed by atoms with van der Waals surface area (Å²) >= 11 is 0. The molecule has 0 aromatic carbocycles. The molecule has 0 saturated carbocycles. The number of carbonyl (C=O) groups is 1. The second kappa shape index (κ2) is 9.29. The lowest BCUT2D eigenvalue weighted by Gasteiger charge is -2.40. The Bertz CT molecular complexity index is 297. The summed E-state index contributed by atoms with van der Waals surface area (Å²) in [7, 11) is 0. The van der Waals surface area contributed by atoms with Gasteiger partial charge in [0, 0.05) is 78.7 Å². The second-order valence-electron chi connectivity index (χ2n) is 6.09. The molecule has 0 aliphatic carbocycles. The Morgan fingerprint density at radius 1 is 0.682 bits per heavy atom. The number of aliphatic hydroxyl groups is 2. The maximum Gasteiger partial charge on any atom is 0.320 e. The fourth-order valence-electron chi connectivity index (χ4n) is 3.11. The number of piperazine rings is 2. The maximum absolute atomic E-state index is 12.5. The van der Waals surface area contributed by atoms with Crippen LogP contribution >= 0.6 is 0 Å². The molecule has 2 fully saturated rings. The largest absolute Gasteiger partial charge is 0.396 e. The zero-order valence-electron chi connectivity index (χ0n) is 13.5. The lowest BCUT2D eigenvalue weighted by atomic mass is 10.2. The van der Waals surface area contributed by atoms with Gasteiger partial charge in [0.1, 0.15) is 0 Å². The monoisotopic (exact) mass is 314 g/mol. The smallest absolute Gasteiger partial charge is 0.320 e. The first kappa shape index (κ1) is 17.5. The molecule has 2 amide bonds. The van der Waals surface area contributed by atoms with E-state index in [-0.39, 0.29) is 19.2 Å². The van der Waals surface area contributed by atoms with Crippen molar-refractivity contribution in [2.24, 2.45) is 0 Å². The molecule has 0 aromatic heterocycles. The summed E-state index contributed by atoms with van der Waals surface area (Å²) in [6.45, 7) is 9.08. The molecule has 2 saturated heterocycles. The Morgan fingerprint density at radius 2 is 1.05 bits per heavy atom. The summed E-state index contributed by atoms with van der Waals surface area (Å²) < 4.78 is 0. The van der Waals surface area contributed by atoms with Gasteiger partial charge < -0.3 is 20.0 Å². The fourth-order valence-corrected chi connectivity index (χ4v) is 3.11. The number of aliphatic hydroxyl groups excluding tert-OH is 2. The van der Waals surface area contributed by atoms with Crippen molar-refractivity contribution in [2.45, 2.75) is 12.8 Å².